The quantitative estimate of drug-likeness (QED) is 0.588. The molecule has 0 aromatic heterocycles. The van der Waals surface area contributed by atoms with Crippen molar-refractivity contribution in [3.05, 3.63) is 0 Å². The summed E-state index contributed by atoms with van der Waals surface area (Å²) < 4.78 is 0. The van der Waals surface area contributed by atoms with Gasteiger partial charge in [-0.15, -0.1) is 0 Å². The fourth-order valence-electron chi connectivity index (χ4n) is 1.58. The first kappa shape index (κ1) is 12.0. The van der Waals surface area contributed by atoms with Crippen LogP contribution in [0.2, 0.25) is 0 Å². The Morgan fingerprint density at radius 1 is 1.47 bits per heavy atom. The van der Waals surface area contributed by atoms with Crippen LogP contribution in [0.15, 0.2) is 0 Å². The van der Waals surface area contributed by atoms with Crippen LogP contribution >= 0.6 is 0 Å². The van der Waals surface area contributed by atoms with Crippen LogP contribution in [-0.2, 0) is 9.59 Å². The molecule has 15 heavy (non-hydrogen) atoms. The molecule has 0 bridgehead atoms. The molecule has 1 rings (SSSR count). The minimum Gasteiger partial charge on any atom is -0.481 e. The van der Waals surface area contributed by atoms with Crippen molar-refractivity contribution in [3.63, 3.8) is 0 Å². The van der Waals surface area contributed by atoms with E-state index in [9.17, 15) is 9.59 Å². The van der Waals surface area contributed by atoms with Gasteiger partial charge in [0, 0.05) is 19.1 Å². The Balaban J connectivity index is 2.08. The fourth-order valence-corrected chi connectivity index (χ4v) is 1.58. The van der Waals surface area contributed by atoms with E-state index < -0.39 is 18.3 Å². The van der Waals surface area contributed by atoms with Crippen LogP contribution in [0.5, 0.6) is 0 Å². The van der Waals surface area contributed by atoms with Crippen molar-refractivity contribution in [2.75, 3.05) is 19.6 Å². The molecule has 0 saturated heterocycles. The van der Waals surface area contributed by atoms with E-state index in [0.717, 1.165) is 13.1 Å². The number of nitrogens with one attached hydrogen (secondary N) is 1. The lowest BCUT2D eigenvalue weighted by Crippen LogP contribution is -2.36. The van der Waals surface area contributed by atoms with E-state index in [-0.39, 0.29) is 0 Å². The maximum atomic E-state index is 11.0. The highest BCUT2D eigenvalue weighted by Crippen LogP contribution is 2.25. The van der Waals surface area contributed by atoms with E-state index in [2.05, 4.69) is 17.1 Å². The summed E-state index contributed by atoms with van der Waals surface area (Å²) in [6.45, 7) is 4.43. The molecule has 1 aliphatic rings. The second-order valence-corrected chi connectivity index (χ2v) is 3.78. The molecular formula is C10H18N2O3. The van der Waals surface area contributed by atoms with Gasteiger partial charge < -0.3 is 10.4 Å². The molecule has 1 amide bonds. The first-order valence-corrected chi connectivity index (χ1v) is 5.36. The van der Waals surface area contributed by atoms with E-state index in [1.807, 2.05) is 0 Å². The number of amides is 1. The predicted molar refractivity (Wildman–Crippen MR) is 55.5 cm³/mol. The maximum Gasteiger partial charge on any atom is 0.312 e. The predicted octanol–water partition coefficient (Wildman–Crippen LogP) is 0.0616. The molecule has 5 nitrogen and oxygen atoms in total. The average molecular weight is 214 g/mol. The van der Waals surface area contributed by atoms with Gasteiger partial charge in [-0.3, -0.25) is 14.5 Å². The second kappa shape index (κ2) is 5.70. The Labute approximate surface area is 89.4 Å². The molecule has 0 heterocycles. The summed E-state index contributed by atoms with van der Waals surface area (Å²) in [6, 6.07) is 0.686. The molecule has 1 fully saturated rings. The lowest BCUT2D eigenvalue weighted by molar-refractivity contribution is -0.140. The van der Waals surface area contributed by atoms with Gasteiger partial charge in [0.25, 0.3) is 0 Å². The Bertz CT molecular complexity index is 239. The Morgan fingerprint density at radius 2 is 2.13 bits per heavy atom. The summed E-state index contributed by atoms with van der Waals surface area (Å²) in [4.78, 5) is 23.5. The van der Waals surface area contributed by atoms with Gasteiger partial charge >= 0.3 is 5.97 Å². The van der Waals surface area contributed by atoms with Crippen LogP contribution in [0.25, 0.3) is 0 Å². The normalized spacial score (nSPS) is 15.3. The molecule has 0 atom stereocenters. The number of nitrogens with zero attached hydrogens (tertiary/aromatic N) is 1. The van der Waals surface area contributed by atoms with Crippen LogP contribution in [0.4, 0.5) is 0 Å². The molecule has 0 aliphatic heterocycles. The number of likely N-dealkylation sites (N-methyl/N-ethyl adjacent to an activating group) is 1. The summed E-state index contributed by atoms with van der Waals surface area (Å²) in [5, 5.41) is 11.0. The SMILES string of the molecule is CCN(CCNC(=O)CC(=O)O)C1CC1. The molecule has 0 radical (unpaired) electrons. The Kier molecular flexibility index (Phi) is 4.55. The highest BCUT2D eigenvalue weighted by Gasteiger charge is 2.27. The van der Waals surface area contributed by atoms with E-state index in [4.69, 9.17) is 5.11 Å². The van der Waals surface area contributed by atoms with Crippen LogP contribution < -0.4 is 5.32 Å². The van der Waals surface area contributed by atoms with Gasteiger partial charge in [-0.2, -0.15) is 0 Å². The second-order valence-electron chi connectivity index (χ2n) is 3.78. The van der Waals surface area contributed by atoms with E-state index in [1.165, 1.54) is 12.8 Å². The van der Waals surface area contributed by atoms with Crippen molar-refractivity contribution in [3.8, 4) is 0 Å². The highest BCUT2D eigenvalue weighted by atomic mass is 16.4. The van der Waals surface area contributed by atoms with Crippen LogP contribution in [0.1, 0.15) is 26.2 Å². The molecule has 0 aromatic rings. The average Bonchev–Trinajstić information content (AvgIpc) is 2.94. The first-order valence-electron chi connectivity index (χ1n) is 5.36. The van der Waals surface area contributed by atoms with Crippen LogP contribution in [0.3, 0.4) is 0 Å². The molecule has 1 aliphatic carbocycles. The molecule has 5 heteroatoms. The van der Waals surface area contributed by atoms with Gasteiger partial charge in [0.05, 0.1) is 0 Å². The van der Waals surface area contributed by atoms with Crippen molar-refractivity contribution < 1.29 is 14.7 Å². The van der Waals surface area contributed by atoms with E-state index >= 15 is 0 Å². The van der Waals surface area contributed by atoms with Gasteiger partial charge in [-0.25, -0.2) is 0 Å². The molecule has 2 N–H and O–H groups in total. The Morgan fingerprint density at radius 3 is 2.60 bits per heavy atom. The monoisotopic (exact) mass is 214 g/mol. The van der Waals surface area contributed by atoms with Crippen molar-refractivity contribution in [1.29, 1.82) is 0 Å². The third-order valence-electron chi connectivity index (χ3n) is 2.50. The van der Waals surface area contributed by atoms with Crippen molar-refractivity contribution in [2.45, 2.75) is 32.2 Å². The van der Waals surface area contributed by atoms with E-state index in [1.54, 1.807) is 0 Å². The standard InChI is InChI=1S/C10H18N2O3/c1-2-12(8-3-4-8)6-5-11-9(13)7-10(14)15/h8H,2-7H2,1H3,(H,11,13)(H,14,15). The number of carbonyl (C=O) groups excluding carboxylic acids is 1. The van der Waals surface area contributed by atoms with Crippen molar-refractivity contribution in [1.82, 2.24) is 10.2 Å². The van der Waals surface area contributed by atoms with Gasteiger partial charge in [0.2, 0.25) is 5.91 Å². The molecule has 0 unspecified atom stereocenters. The smallest absolute Gasteiger partial charge is 0.312 e. The molecule has 1 saturated carbocycles. The summed E-state index contributed by atoms with van der Waals surface area (Å²) >= 11 is 0. The maximum absolute atomic E-state index is 11.0. The number of hydrogen-bond donors (Lipinski definition) is 2. The molecular weight excluding hydrogens is 196 g/mol. The summed E-state index contributed by atoms with van der Waals surface area (Å²) in [7, 11) is 0. The van der Waals surface area contributed by atoms with Gasteiger partial charge in [-0.1, -0.05) is 6.92 Å². The van der Waals surface area contributed by atoms with Gasteiger partial charge in [0.15, 0.2) is 0 Å². The first-order chi connectivity index (χ1) is 7.13. The third-order valence-corrected chi connectivity index (χ3v) is 2.50. The molecule has 86 valence electrons. The number of hydrogen-bond acceptors (Lipinski definition) is 3. The van der Waals surface area contributed by atoms with E-state index in [0.29, 0.717) is 12.6 Å². The van der Waals surface area contributed by atoms with Crippen molar-refractivity contribution >= 4 is 11.9 Å². The number of rotatable bonds is 7. The van der Waals surface area contributed by atoms with Crippen molar-refractivity contribution in [2.24, 2.45) is 0 Å². The highest BCUT2D eigenvalue weighted by molar-refractivity contribution is 5.93. The summed E-state index contributed by atoms with van der Waals surface area (Å²) in [5.41, 5.74) is 0. The fraction of sp³-hybridized carbons (Fsp3) is 0.800. The topological polar surface area (TPSA) is 69.6 Å². The summed E-state index contributed by atoms with van der Waals surface area (Å²) in [6.07, 6.45) is 2.06. The zero-order valence-electron chi connectivity index (χ0n) is 9.03. The summed E-state index contributed by atoms with van der Waals surface area (Å²) in [5.74, 6) is -1.49. The minimum atomic E-state index is -1.08. The Hall–Kier alpha value is -1.10. The lowest BCUT2D eigenvalue weighted by Gasteiger charge is -2.19. The zero-order valence-corrected chi connectivity index (χ0v) is 9.03. The number of carbonyl (C=O) groups is 2. The molecule has 0 spiro atoms. The van der Waals surface area contributed by atoms with Gasteiger partial charge in [0.1, 0.15) is 6.42 Å². The number of carboxylic acid groups (broad SMARTS) is 1. The van der Waals surface area contributed by atoms with Crippen LogP contribution in [-0.4, -0.2) is 47.6 Å². The molecule has 0 aromatic carbocycles. The lowest BCUT2D eigenvalue weighted by atomic mass is 10.4. The zero-order chi connectivity index (χ0) is 11.3. The van der Waals surface area contributed by atoms with Crippen LogP contribution in [0, 0.1) is 0 Å². The minimum absolute atomic E-state index is 0.408. The number of aliphatic carboxylic acids is 1. The van der Waals surface area contributed by atoms with Gasteiger partial charge in [-0.05, 0) is 19.4 Å². The third kappa shape index (κ3) is 4.78. The number of carboxylic acids is 1. The largest absolute Gasteiger partial charge is 0.481 e.